The lowest BCUT2D eigenvalue weighted by molar-refractivity contribution is -0.112. The van der Waals surface area contributed by atoms with E-state index in [2.05, 4.69) is 53.5 Å². The van der Waals surface area contributed by atoms with Crippen molar-refractivity contribution < 1.29 is 18.8 Å². The summed E-state index contributed by atoms with van der Waals surface area (Å²) in [6.07, 6.45) is 26.8. The van der Waals surface area contributed by atoms with E-state index in [4.69, 9.17) is 9.47 Å². The lowest BCUT2D eigenvalue weighted by Crippen LogP contribution is -2.32. The Morgan fingerprint density at radius 2 is 1.41 bits per heavy atom. The number of nitrogens with zero attached hydrogens (tertiary/aromatic N) is 1. The van der Waals surface area contributed by atoms with Crippen molar-refractivity contribution in [2.45, 2.75) is 127 Å². The summed E-state index contributed by atoms with van der Waals surface area (Å²) < 4.78 is 23.5. The average molecular weight is 755 g/mol. The highest BCUT2D eigenvalue weighted by atomic mass is 32.2. The molecule has 7 heteroatoms. The Hall–Kier alpha value is -3.26. The molecular formula is C47H66N2O4S. The van der Waals surface area contributed by atoms with Gasteiger partial charge < -0.3 is 24.2 Å². The fourth-order valence-electron chi connectivity index (χ4n) is 7.87. The normalized spacial score (nSPS) is 18.5. The second-order valence-electron chi connectivity index (χ2n) is 15.5. The van der Waals surface area contributed by atoms with Gasteiger partial charge in [0.2, 0.25) is 0 Å². The molecule has 2 aliphatic rings. The third kappa shape index (κ3) is 14.1. The summed E-state index contributed by atoms with van der Waals surface area (Å²) in [4.78, 5) is 17.2. The van der Waals surface area contributed by atoms with Crippen LogP contribution in [0.2, 0.25) is 0 Å². The van der Waals surface area contributed by atoms with Gasteiger partial charge in [-0.25, -0.2) is 0 Å². The third-order valence-corrected chi connectivity index (χ3v) is 12.0. The fraction of sp³-hybridized carbons (Fsp3) is 0.553. The van der Waals surface area contributed by atoms with Crippen LogP contribution in [0.15, 0.2) is 77.2 Å². The highest BCUT2D eigenvalue weighted by Gasteiger charge is 2.22. The maximum absolute atomic E-state index is 13.8. The molecule has 3 aromatic rings. The molecule has 1 heterocycles. The van der Waals surface area contributed by atoms with Crippen LogP contribution in [0.1, 0.15) is 128 Å². The molecule has 54 heavy (non-hydrogen) atoms. The van der Waals surface area contributed by atoms with Crippen LogP contribution in [0.25, 0.3) is 17.2 Å². The third-order valence-electron chi connectivity index (χ3n) is 11.1. The largest absolute Gasteiger partial charge is 0.612 e. The molecule has 1 N–H and O–H groups in total. The first-order chi connectivity index (χ1) is 26.5. The number of hydrogen-bond acceptors (Lipinski definition) is 5. The van der Waals surface area contributed by atoms with Crippen LogP contribution in [0, 0.1) is 5.92 Å². The average Bonchev–Trinajstić information content (AvgIpc) is 3.18. The minimum absolute atomic E-state index is 0.0767. The lowest BCUT2D eigenvalue weighted by Gasteiger charge is -2.33. The minimum atomic E-state index is -1.06. The van der Waals surface area contributed by atoms with Crippen LogP contribution in [-0.2, 0) is 20.7 Å². The molecule has 1 unspecified atom stereocenters. The molecule has 1 aliphatic carbocycles. The van der Waals surface area contributed by atoms with E-state index in [9.17, 15) is 9.35 Å². The SMILES string of the molecule is CCCCOCCOc1ccc(-c2ccc3c(c2)/C=C(/C(=O)Nc2ccc([S+](C)[O-])cc2)CCCN3CC2CCCCCCCCCCCCCC2)cc1. The van der Waals surface area contributed by atoms with Crippen LogP contribution in [0.3, 0.4) is 0 Å². The van der Waals surface area contributed by atoms with E-state index in [1.807, 2.05) is 36.4 Å². The van der Waals surface area contributed by atoms with Crippen LogP contribution in [0.4, 0.5) is 11.4 Å². The van der Waals surface area contributed by atoms with E-state index < -0.39 is 11.2 Å². The summed E-state index contributed by atoms with van der Waals surface area (Å²) in [6.45, 7) is 6.08. The zero-order valence-corrected chi connectivity index (χ0v) is 34.1. The number of carbonyl (C=O) groups excluding carboxylic acids is 1. The lowest BCUT2D eigenvalue weighted by atomic mass is 9.92. The molecule has 294 valence electrons. The van der Waals surface area contributed by atoms with Crippen LogP contribution < -0.4 is 15.0 Å². The van der Waals surface area contributed by atoms with Gasteiger partial charge in [0.1, 0.15) is 18.6 Å². The predicted octanol–water partition coefficient (Wildman–Crippen LogP) is 12.0. The molecule has 1 fully saturated rings. The second-order valence-corrected chi connectivity index (χ2v) is 16.8. The van der Waals surface area contributed by atoms with Gasteiger partial charge in [-0.3, -0.25) is 4.79 Å². The molecule has 3 aromatic carbocycles. The number of hydrogen-bond donors (Lipinski definition) is 1. The van der Waals surface area contributed by atoms with Crippen molar-refractivity contribution in [3.05, 3.63) is 77.9 Å². The zero-order chi connectivity index (χ0) is 37.8. The maximum atomic E-state index is 13.8. The summed E-state index contributed by atoms with van der Waals surface area (Å²) in [7, 11) is 0. The van der Waals surface area contributed by atoms with Gasteiger partial charge in [0.15, 0.2) is 4.90 Å². The van der Waals surface area contributed by atoms with Gasteiger partial charge >= 0.3 is 0 Å². The molecule has 0 radical (unpaired) electrons. The van der Waals surface area contributed by atoms with E-state index in [1.165, 1.54) is 95.6 Å². The number of carbonyl (C=O) groups is 1. The summed E-state index contributed by atoms with van der Waals surface area (Å²) in [5.74, 6) is 1.44. The first kappa shape index (κ1) is 41.9. The molecule has 0 saturated heterocycles. The number of ether oxygens (including phenoxy) is 2. The minimum Gasteiger partial charge on any atom is -0.612 e. The Morgan fingerprint density at radius 1 is 0.778 bits per heavy atom. The molecule has 5 rings (SSSR count). The van der Waals surface area contributed by atoms with Gasteiger partial charge in [0.05, 0.1) is 6.61 Å². The van der Waals surface area contributed by atoms with Crippen molar-refractivity contribution in [1.29, 1.82) is 0 Å². The molecular weight excluding hydrogens is 689 g/mol. The summed E-state index contributed by atoms with van der Waals surface area (Å²) in [6, 6.07) is 22.4. The molecule has 1 amide bonds. The van der Waals surface area contributed by atoms with Crippen LogP contribution >= 0.6 is 0 Å². The van der Waals surface area contributed by atoms with E-state index in [0.29, 0.717) is 31.2 Å². The van der Waals surface area contributed by atoms with Crippen LogP contribution in [-0.4, -0.2) is 49.6 Å². The topological polar surface area (TPSA) is 73.9 Å². The molecule has 0 aromatic heterocycles. The highest BCUT2D eigenvalue weighted by molar-refractivity contribution is 7.90. The number of benzene rings is 3. The summed E-state index contributed by atoms with van der Waals surface area (Å²) in [5.41, 5.74) is 6.06. The van der Waals surface area contributed by atoms with E-state index in [-0.39, 0.29) is 5.91 Å². The van der Waals surface area contributed by atoms with Gasteiger partial charge in [-0.05, 0) is 120 Å². The van der Waals surface area contributed by atoms with Crippen molar-refractivity contribution in [3.63, 3.8) is 0 Å². The highest BCUT2D eigenvalue weighted by Crippen LogP contribution is 2.34. The Morgan fingerprint density at radius 3 is 2.04 bits per heavy atom. The van der Waals surface area contributed by atoms with E-state index in [0.717, 1.165) is 71.9 Å². The number of rotatable bonds is 13. The molecule has 1 atom stereocenters. The monoisotopic (exact) mass is 754 g/mol. The number of fused-ring (bicyclic) bond motifs is 1. The Labute approximate surface area is 329 Å². The summed E-state index contributed by atoms with van der Waals surface area (Å²) >= 11 is -1.06. The number of anilines is 2. The number of amides is 1. The number of nitrogens with one attached hydrogen (secondary N) is 1. The second kappa shape index (κ2) is 23.6. The van der Waals surface area contributed by atoms with Gasteiger partial charge in [0, 0.05) is 36.6 Å². The van der Waals surface area contributed by atoms with Crippen molar-refractivity contribution in [2.75, 3.05) is 49.4 Å². The Kier molecular flexibility index (Phi) is 18.3. The van der Waals surface area contributed by atoms with Crippen LogP contribution in [0.5, 0.6) is 5.75 Å². The number of unbranched alkanes of at least 4 members (excludes halogenated alkanes) is 1. The Balaban J connectivity index is 1.36. The summed E-state index contributed by atoms with van der Waals surface area (Å²) in [5, 5.41) is 3.12. The van der Waals surface area contributed by atoms with E-state index >= 15 is 0 Å². The zero-order valence-electron chi connectivity index (χ0n) is 33.3. The fourth-order valence-corrected chi connectivity index (χ4v) is 8.39. The van der Waals surface area contributed by atoms with Gasteiger partial charge in [-0.2, -0.15) is 0 Å². The Bertz CT molecular complexity index is 1540. The smallest absolute Gasteiger partial charge is 0.251 e. The first-order valence-electron chi connectivity index (χ1n) is 21.2. The van der Waals surface area contributed by atoms with E-state index in [1.54, 1.807) is 6.26 Å². The molecule has 0 spiro atoms. The van der Waals surface area contributed by atoms with Gasteiger partial charge in [0.25, 0.3) is 5.91 Å². The molecule has 0 bridgehead atoms. The maximum Gasteiger partial charge on any atom is 0.251 e. The molecule has 6 nitrogen and oxygen atoms in total. The van der Waals surface area contributed by atoms with Gasteiger partial charge in [-0.1, -0.05) is 109 Å². The molecule has 1 saturated carbocycles. The van der Waals surface area contributed by atoms with Crippen molar-refractivity contribution in [1.82, 2.24) is 0 Å². The molecule has 1 aliphatic heterocycles. The predicted molar refractivity (Wildman–Crippen MR) is 228 cm³/mol. The van der Waals surface area contributed by atoms with Crippen molar-refractivity contribution in [3.8, 4) is 16.9 Å². The quantitative estimate of drug-likeness (QED) is 0.139. The first-order valence-corrected chi connectivity index (χ1v) is 22.7. The van der Waals surface area contributed by atoms with Crippen molar-refractivity contribution in [2.24, 2.45) is 5.92 Å². The standard InChI is InChI=1S/C47H66N2O4S/c1-3-4-32-52-33-34-53-44-26-21-39(22-27-44)40-23-30-46-42(35-40)36-41(47(50)48-43-24-28-45(29-25-43)54(2)51)20-17-31-49(46)37-38-18-15-13-11-9-7-5-6-8-10-12-14-16-19-38/h21-30,35-36,38H,3-20,31-34,37H2,1-2H3,(H,48,50)/b41-36+. The van der Waals surface area contributed by atoms with Crippen molar-refractivity contribution >= 4 is 34.5 Å². The van der Waals surface area contributed by atoms with Gasteiger partial charge in [-0.15, -0.1) is 0 Å².